The van der Waals surface area contributed by atoms with Crippen molar-refractivity contribution in [3.05, 3.63) is 23.8 Å². The van der Waals surface area contributed by atoms with Gasteiger partial charge in [-0.1, -0.05) is 26.0 Å². The Kier molecular flexibility index (Phi) is 5.29. The van der Waals surface area contributed by atoms with Crippen LogP contribution in [0.15, 0.2) is 18.2 Å². The molecule has 0 N–H and O–H groups in total. The van der Waals surface area contributed by atoms with E-state index in [1.54, 1.807) is 7.11 Å². The number of rotatable bonds is 7. The standard InChI is InChI=1S/C18H27BO4/c1-18(2)12-21-19(22-13-18)16-11-14(5-4-10-20-3)6-9-17(16)23-15-7-8-15/h6,9,11,15H,4-5,7-8,10,12-13H2,1-3H3. The van der Waals surface area contributed by atoms with Gasteiger partial charge < -0.3 is 18.8 Å². The van der Waals surface area contributed by atoms with Crippen molar-refractivity contribution in [1.82, 2.24) is 0 Å². The summed E-state index contributed by atoms with van der Waals surface area (Å²) >= 11 is 0. The summed E-state index contributed by atoms with van der Waals surface area (Å²) in [5, 5.41) is 0. The smallest absolute Gasteiger partial charge is 0.491 e. The average molecular weight is 318 g/mol. The lowest BCUT2D eigenvalue weighted by Crippen LogP contribution is -2.48. The van der Waals surface area contributed by atoms with E-state index in [0.717, 1.165) is 43.5 Å². The topological polar surface area (TPSA) is 36.9 Å². The van der Waals surface area contributed by atoms with E-state index >= 15 is 0 Å². The van der Waals surface area contributed by atoms with Crippen molar-refractivity contribution in [2.75, 3.05) is 26.9 Å². The maximum absolute atomic E-state index is 6.06. The molecule has 0 spiro atoms. The first kappa shape index (κ1) is 16.8. The highest BCUT2D eigenvalue weighted by Crippen LogP contribution is 2.28. The zero-order valence-electron chi connectivity index (χ0n) is 14.5. The van der Waals surface area contributed by atoms with Crippen molar-refractivity contribution in [2.45, 2.75) is 45.6 Å². The lowest BCUT2D eigenvalue weighted by Gasteiger charge is -2.33. The fourth-order valence-electron chi connectivity index (χ4n) is 2.70. The van der Waals surface area contributed by atoms with Gasteiger partial charge in [0.15, 0.2) is 0 Å². The summed E-state index contributed by atoms with van der Waals surface area (Å²) < 4.78 is 23.2. The van der Waals surface area contributed by atoms with E-state index in [-0.39, 0.29) is 12.5 Å². The third kappa shape index (κ3) is 4.72. The van der Waals surface area contributed by atoms with Gasteiger partial charge >= 0.3 is 7.12 Å². The molecule has 0 bridgehead atoms. The molecule has 1 aliphatic carbocycles. The first-order valence-electron chi connectivity index (χ1n) is 8.59. The van der Waals surface area contributed by atoms with Gasteiger partial charge in [-0.3, -0.25) is 0 Å². The Morgan fingerprint density at radius 3 is 2.61 bits per heavy atom. The van der Waals surface area contributed by atoms with Crippen molar-refractivity contribution in [2.24, 2.45) is 5.41 Å². The largest absolute Gasteiger partial charge is 0.497 e. The lowest BCUT2D eigenvalue weighted by atomic mass is 9.74. The molecule has 0 aromatic heterocycles. The number of hydrogen-bond acceptors (Lipinski definition) is 4. The van der Waals surface area contributed by atoms with Gasteiger partial charge in [-0.05, 0) is 37.3 Å². The Balaban J connectivity index is 1.74. The fourth-order valence-corrected chi connectivity index (χ4v) is 2.70. The molecule has 126 valence electrons. The van der Waals surface area contributed by atoms with E-state index < -0.39 is 0 Å². The third-order valence-electron chi connectivity index (χ3n) is 4.21. The number of aryl methyl sites for hydroxylation is 1. The Morgan fingerprint density at radius 1 is 1.22 bits per heavy atom. The number of methoxy groups -OCH3 is 1. The van der Waals surface area contributed by atoms with Crippen LogP contribution in [0.25, 0.3) is 0 Å². The van der Waals surface area contributed by atoms with Crippen molar-refractivity contribution >= 4 is 12.6 Å². The molecule has 1 saturated heterocycles. The van der Waals surface area contributed by atoms with Crippen molar-refractivity contribution < 1.29 is 18.8 Å². The van der Waals surface area contributed by atoms with Crippen molar-refractivity contribution in [1.29, 1.82) is 0 Å². The molecule has 0 unspecified atom stereocenters. The van der Waals surface area contributed by atoms with Crippen LogP contribution in [0.1, 0.15) is 38.7 Å². The highest BCUT2D eigenvalue weighted by atomic mass is 16.6. The van der Waals surface area contributed by atoms with Crippen LogP contribution < -0.4 is 10.2 Å². The summed E-state index contributed by atoms with van der Waals surface area (Å²) in [5.74, 6) is 0.910. The van der Waals surface area contributed by atoms with E-state index in [1.165, 1.54) is 5.56 Å². The van der Waals surface area contributed by atoms with Crippen LogP contribution in [0.5, 0.6) is 5.75 Å². The maximum atomic E-state index is 6.06. The van der Waals surface area contributed by atoms with E-state index in [2.05, 4.69) is 32.0 Å². The highest BCUT2D eigenvalue weighted by Gasteiger charge is 2.36. The predicted molar refractivity (Wildman–Crippen MR) is 91.4 cm³/mol. The second-order valence-corrected chi connectivity index (χ2v) is 7.40. The zero-order valence-corrected chi connectivity index (χ0v) is 14.5. The fraction of sp³-hybridized carbons (Fsp3) is 0.667. The van der Waals surface area contributed by atoms with Gasteiger partial charge in [0.25, 0.3) is 0 Å². The van der Waals surface area contributed by atoms with Gasteiger partial charge in [-0.2, -0.15) is 0 Å². The summed E-state index contributed by atoms with van der Waals surface area (Å²) in [7, 11) is 1.42. The maximum Gasteiger partial charge on any atom is 0.497 e. The minimum Gasteiger partial charge on any atom is -0.491 e. The molecule has 5 heteroatoms. The molecule has 0 amide bonds. The molecule has 4 nitrogen and oxygen atoms in total. The molecule has 1 aromatic rings. The summed E-state index contributed by atoms with van der Waals surface area (Å²) in [6.45, 7) is 6.50. The molecular formula is C18H27BO4. The number of ether oxygens (including phenoxy) is 2. The van der Waals surface area contributed by atoms with Crippen LogP contribution in [-0.4, -0.2) is 40.2 Å². The molecule has 1 saturated carbocycles. The van der Waals surface area contributed by atoms with Gasteiger partial charge in [-0.25, -0.2) is 0 Å². The monoisotopic (exact) mass is 318 g/mol. The van der Waals surface area contributed by atoms with Gasteiger partial charge in [-0.15, -0.1) is 0 Å². The lowest BCUT2D eigenvalue weighted by molar-refractivity contribution is 0.0340. The number of hydrogen-bond donors (Lipinski definition) is 0. The SMILES string of the molecule is COCCCc1ccc(OC2CC2)c(B2OCC(C)(C)CO2)c1. The van der Waals surface area contributed by atoms with Gasteiger partial charge in [0, 0.05) is 37.8 Å². The van der Waals surface area contributed by atoms with Crippen molar-refractivity contribution in [3.8, 4) is 5.75 Å². The van der Waals surface area contributed by atoms with Crippen molar-refractivity contribution in [3.63, 3.8) is 0 Å². The van der Waals surface area contributed by atoms with E-state index in [0.29, 0.717) is 19.3 Å². The first-order valence-corrected chi connectivity index (χ1v) is 8.59. The van der Waals surface area contributed by atoms with Crippen LogP contribution in [-0.2, 0) is 20.5 Å². The quantitative estimate of drug-likeness (QED) is 0.572. The second-order valence-electron chi connectivity index (χ2n) is 7.40. The minimum atomic E-state index is -0.320. The highest BCUT2D eigenvalue weighted by molar-refractivity contribution is 6.62. The van der Waals surface area contributed by atoms with Gasteiger partial charge in [0.1, 0.15) is 5.75 Å². The first-order chi connectivity index (χ1) is 11.1. The molecule has 1 aliphatic heterocycles. The molecule has 23 heavy (non-hydrogen) atoms. The summed E-state index contributed by atoms with van der Waals surface area (Å²) in [4.78, 5) is 0. The Hall–Kier alpha value is -1.04. The Labute approximate surface area is 139 Å². The average Bonchev–Trinajstić information content (AvgIpc) is 3.33. The molecule has 1 aromatic carbocycles. The van der Waals surface area contributed by atoms with Crippen LogP contribution in [0.3, 0.4) is 0 Å². The Morgan fingerprint density at radius 2 is 1.96 bits per heavy atom. The van der Waals surface area contributed by atoms with Crippen LogP contribution >= 0.6 is 0 Å². The van der Waals surface area contributed by atoms with Gasteiger partial charge in [0.05, 0.1) is 6.10 Å². The summed E-state index contributed by atoms with van der Waals surface area (Å²) in [6, 6.07) is 6.39. The van der Waals surface area contributed by atoms with E-state index in [9.17, 15) is 0 Å². The van der Waals surface area contributed by atoms with Crippen LogP contribution in [0.4, 0.5) is 0 Å². The Bertz CT molecular complexity index is 518. The second kappa shape index (κ2) is 7.24. The molecule has 3 rings (SSSR count). The molecule has 0 atom stereocenters. The van der Waals surface area contributed by atoms with E-state index in [4.69, 9.17) is 18.8 Å². The summed E-state index contributed by atoms with van der Waals surface area (Å²) in [5.41, 5.74) is 2.38. The zero-order chi connectivity index (χ0) is 16.3. The van der Waals surface area contributed by atoms with Crippen LogP contribution in [0.2, 0.25) is 0 Å². The molecular weight excluding hydrogens is 291 g/mol. The normalized spacial score (nSPS) is 20.6. The molecule has 2 aliphatic rings. The molecule has 1 heterocycles. The predicted octanol–water partition coefficient (Wildman–Crippen LogP) is 2.58. The molecule has 0 radical (unpaired) electrons. The van der Waals surface area contributed by atoms with E-state index in [1.807, 2.05) is 0 Å². The molecule has 2 fully saturated rings. The van der Waals surface area contributed by atoms with Gasteiger partial charge in [0.2, 0.25) is 0 Å². The minimum absolute atomic E-state index is 0.0735. The third-order valence-corrected chi connectivity index (χ3v) is 4.21. The summed E-state index contributed by atoms with van der Waals surface area (Å²) in [6.07, 6.45) is 4.66. The van der Waals surface area contributed by atoms with Crippen LogP contribution in [0, 0.1) is 5.41 Å². The number of benzene rings is 1.